The molecule has 0 amide bonds. The lowest BCUT2D eigenvalue weighted by Gasteiger charge is -2.48. The van der Waals surface area contributed by atoms with Crippen molar-refractivity contribution in [2.45, 2.75) is 58.5 Å². The normalized spacial score (nSPS) is 30.5. The van der Waals surface area contributed by atoms with Crippen molar-refractivity contribution in [3.05, 3.63) is 77.1 Å². The smallest absolute Gasteiger partial charge is 0.168 e. The van der Waals surface area contributed by atoms with Gasteiger partial charge in [0.05, 0.1) is 12.9 Å². The number of aryl methyl sites for hydroxylation is 1. The van der Waals surface area contributed by atoms with E-state index in [-0.39, 0.29) is 5.41 Å². The minimum absolute atomic E-state index is 0.208. The molecule has 2 saturated carbocycles. The Hall–Kier alpha value is -2.55. The molecule has 31 heavy (non-hydrogen) atoms. The molecule has 0 saturated heterocycles. The topological polar surface area (TPSA) is 35.5 Å². The van der Waals surface area contributed by atoms with E-state index in [0.29, 0.717) is 36.8 Å². The van der Waals surface area contributed by atoms with Crippen LogP contribution in [0.5, 0.6) is 5.75 Å². The van der Waals surface area contributed by atoms with E-state index in [1.807, 2.05) is 25.1 Å². The minimum Gasteiger partial charge on any atom is -0.501 e. The number of fused-ring (bicyclic) bond motifs is 5. The first-order valence-corrected chi connectivity index (χ1v) is 11.7. The van der Waals surface area contributed by atoms with Crippen LogP contribution in [-0.4, -0.2) is 12.4 Å². The van der Waals surface area contributed by atoms with Crippen molar-refractivity contribution in [1.29, 1.82) is 0 Å². The van der Waals surface area contributed by atoms with E-state index in [2.05, 4.69) is 37.3 Å². The zero-order valence-corrected chi connectivity index (χ0v) is 18.6. The van der Waals surface area contributed by atoms with Gasteiger partial charge in [-0.15, -0.1) is 0 Å². The lowest BCUT2D eigenvalue weighted by Crippen LogP contribution is -2.42. The third kappa shape index (κ3) is 3.58. The standard InChI is InChI=1S/C28H32O3/c1-3-30-18-21-16-26-25-11-9-20-15-22(31-17-19-7-5-4-6-8-19)10-12-23(20)24(25)13-14-28(26,2)27(21)29/h4-8,10,12,15,18,24-26H,3,9,11,13-14,16-17H2,1-2H3/b21-18-/t24-,25-,26+,28+/m1/s1. The quantitative estimate of drug-likeness (QED) is 0.429. The van der Waals surface area contributed by atoms with E-state index in [1.165, 1.54) is 16.7 Å². The summed E-state index contributed by atoms with van der Waals surface area (Å²) in [6, 6.07) is 17.0. The van der Waals surface area contributed by atoms with Crippen LogP contribution in [0.15, 0.2) is 60.4 Å². The molecule has 3 aliphatic carbocycles. The molecule has 0 spiro atoms. The summed E-state index contributed by atoms with van der Waals surface area (Å²) in [6.45, 7) is 5.39. The highest BCUT2D eigenvalue weighted by Gasteiger charge is 2.56. The number of Topliss-reactive ketones (excluding diaryl/α,β-unsaturated/α-hetero) is 1. The number of hydrogen-bond donors (Lipinski definition) is 0. The average molecular weight is 417 g/mol. The van der Waals surface area contributed by atoms with E-state index < -0.39 is 0 Å². The highest BCUT2D eigenvalue weighted by atomic mass is 16.5. The van der Waals surface area contributed by atoms with Crippen LogP contribution in [-0.2, 0) is 22.6 Å². The molecule has 2 fully saturated rings. The minimum atomic E-state index is -0.208. The Balaban J connectivity index is 1.34. The molecule has 0 radical (unpaired) electrons. The Morgan fingerprint density at radius 2 is 1.97 bits per heavy atom. The van der Waals surface area contributed by atoms with Gasteiger partial charge in [-0.2, -0.15) is 0 Å². The lowest BCUT2D eigenvalue weighted by atomic mass is 9.55. The Kier molecular flexibility index (Phi) is 5.37. The molecule has 3 heteroatoms. The molecule has 0 unspecified atom stereocenters. The molecule has 162 valence electrons. The molecular weight excluding hydrogens is 384 g/mol. The predicted octanol–water partition coefficient (Wildman–Crippen LogP) is 6.22. The van der Waals surface area contributed by atoms with Crippen LogP contribution in [0.3, 0.4) is 0 Å². The second-order valence-corrected chi connectivity index (χ2v) is 9.64. The van der Waals surface area contributed by atoms with E-state index in [9.17, 15) is 4.79 Å². The predicted molar refractivity (Wildman–Crippen MR) is 122 cm³/mol. The molecule has 0 heterocycles. The monoisotopic (exact) mass is 416 g/mol. The summed E-state index contributed by atoms with van der Waals surface area (Å²) >= 11 is 0. The van der Waals surface area contributed by atoms with Crippen molar-refractivity contribution in [3.8, 4) is 5.75 Å². The van der Waals surface area contributed by atoms with Gasteiger partial charge in [0.1, 0.15) is 12.4 Å². The summed E-state index contributed by atoms with van der Waals surface area (Å²) < 4.78 is 11.6. The Labute approximate surface area is 185 Å². The third-order valence-corrected chi connectivity index (χ3v) is 7.98. The third-order valence-electron chi connectivity index (χ3n) is 7.98. The number of rotatable bonds is 5. The zero-order valence-electron chi connectivity index (χ0n) is 18.6. The molecule has 0 bridgehead atoms. The summed E-state index contributed by atoms with van der Waals surface area (Å²) in [5, 5.41) is 0. The average Bonchev–Trinajstić information content (AvgIpc) is 3.07. The lowest BCUT2D eigenvalue weighted by molar-refractivity contribution is -0.127. The summed E-state index contributed by atoms with van der Waals surface area (Å²) in [5.74, 6) is 2.87. The van der Waals surface area contributed by atoms with Gasteiger partial charge in [0.15, 0.2) is 5.78 Å². The molecule has 0 aliphatic heterocycles. The fraction of sp³-hybridized carbons (Fsp3) is 0.464. The van der Waals surface area contributed by atoms with Gasteiger partial charge in [-0.3, -0.25) is 4.79 Å². The van der Waals surface area contributed by atoms with Gasteiger partial charge in [0, 0.05) is 11.0 Å². The summed E-state index contributed by atoms with van der Waals surface area (Å²) in [4.78, 5) is 13.2. The largest absolute Gasteiger partial charge is 0.501 e. The van der Waals surface area contributed by atoms with Crippen molar-refractivity contribution in [2.24, 2.45) is 17.3 Å². The molecule has 2 aromatic rings. The van der Waals surface area contributed by atoms with E-state index >= 15 is 0 Å². The van der Waals surface area contributed by atoms with Crippen LogP contribution < -0.4 is 4.74 Å². The number of hydrogen-bond acceptors (Lipinski definition) is 3. The first-order valence-electron chi connectivity index (χ1n) is 11.7. The van der Waals surface area contributed by atoms with Crippen LogP contribution in [0.2, 0.25) is 0 Å². The second kappa shape index (κ2) is 8.18. The van der Waals surface area contributed by atoms with Crippen molar-refractivity contribution in [3.63, 3.8) is 0 Å². The van der Waals surface area contributed by atoms with Crippen molar-refractivity contribution >= 4 is 5.78 Å². The maximum atomic E-state index is 13.2. The molecule has 5 rings (SSSR count). The molecule has 4 atom stereocenters. The number of benzene rings is 2. The maximum Gasteiger partial charge on any atom is 0.168 e. The van der Waals surface area contributed by atoms with Crippen LogP contribution in [0.1, 0.15) is 62.1 Å². The molecule has 0 aromatic heterocycles. The molecule has 0 N–H and O–H groups in total. The van der Waals surface area contributed by atoms with Gasteiger partial charge >= 0.3 is 0 Å². The number of carbonyl (C=O) groups excluding carboxylic acids is 1. The SMILES string of the molecule is CCO/C=C1/C[C@H]2[C@@H]3CCc4cc(OCc5ccccc5)ccc4[C@H]3CC[C@]2(C)C1=O. The van der Waals surface area contributed by atoms with Crippen molar-refractivity contribution in [1.82, 2.24) is 0 Å². The van der Waals surface area contributed by atoms with Gasteiger partial charge < -0.3 is 9.47 Å². The highest BCUT2D eigenvalue weighted by molar-refractivity contribution is 6.02. The highest BCUT2D eigenvalue weighted by Crippen LogP contribution is 2.60. The van der Waals surface area contributed by atoms with Crippen molar-refractivity contribution < 1.29 is 14.3 Å². The van der Waals surface area contributed by atoms with Crippen LogP contribution >= 0.6 is 0 Å². The fourth-order valence-corrected chi connectivity index (χ4v) is 6.35. The second-order valence-electron chi connectivity index (χ2n) is 9.64. The number of ether oxygens (including phenoxy) is 2. The zero-order chi connectivity index (χ0) is 21.4. The van der Waals surface area contributed by atoms with E-state index in [1.54, 1.807) is 6.26 Å². The van der Waals surface area contributed by atoms with Crippen LogP contribution in [0.25, 0.3) is 0 Å². The van der Waals surface area contributed by atoms with E-state index in [0.717, 1.165) is 43.4 Å². The number of carbonyl (C=O) groups is 1. The van der Waals surface area contributed by atoms with Gasteiger partial charge in [-0.25, -0.2) is 0 Å². The van der Waals surface area contributed by atoms with Gasteiger partial charge in [-0.1, -0.05) is 43.3 Å². The van der Waals surface area contributed by atoms with Gasteiger partial charge in [0.2, 0.25) is 0 Å². The van der Waals surface area contributed by atoms with Gasteiger partial charge in [0.25, 0.3) is 0 Å². The summed E-state index contributed by atoms with van der Waals surface area (Å²) in [7, 11) is 0. The van der Waals surface area contributed by atoms with Gasteiger partial charge in [-0.05, 0) is 85.6 Å². The molecule has 3 aliphatic rings. The van der Waals surface area contributed by atoms with E-state index in [4.69, 9.17) is 9.47 Å². The molecule has 3 nitrogen and oxygen atoms in total. The number of ketones is 1. The Morgan fingerprint density at radius 1 is 1.13 bits per heavy atom. The first kappa shape index (κ1) is 20.4. The Morgan fingerprint density at radius 3 is 2.77 bits per heavy atom. The van der Waals surface area contributed by atoms with Crippen molar-refractivity contribution in [2.75, 3.05) is 6.61 Å². The van der Waals surface area contributed by atoms with Crippen LogP contribution in [0, 0.1) is 17.3 Å². The first-order chi connectivity index (χ1) is 15.1. The summed E-state index contributed by atoms with van der Waals surface area (Å²) in [6.07, 6.45) is 6.94. The molecule has 2 aromatic carbocycles. The fourth-order valence-electron chi connectivity index (χ4n) is 6.35. The summed E-state index contributed by atoms with van der Waals surface area (Å²) in [5.41, 5.74) is 4.81. The molecular formula is C28H32O3. The van der Waals surface area contributed by atoms with Crippen LogP contribution in [0.4, 0.5) is 0 Å². The number of allylic oxidation sites excluding steroid dienone is 1. The Bertz CT molecular complexity index is 993. The maximum absolute atomic E-state index is 13.2.